The molecule has 6 rings (SSSR count). The zero-order valence-corrected chi connectivity index (χ0v) is 18.5. The third-order valence-corrected chi connectivity index (χ3v) is 6.19. The van der Waals surface area contributed by atoms with Gasteiger partial charge in [-0.3, -0.25) is 9.36 Å². The summed E-state index contributed by atoms with van der Waals surface area (Å²) in [5.74, 6) is 3.05. The van der Waals surface area contributed by atoms with E-state index in [0.29, 0.717) is 36.4 Å². The van der Waals surface area contributed by atoms with Gasteiger partial charge in [-0.25, -0.2) is 4.98 Å². The maximum Gasteiger partial charge on any atom is 0.261 e. The summed E-state index contributed by atoms with van der Waals surface area (Å²) in [5, 5.41) is 3.49. The number of aromatic nitrogens is 3. The van der Waals surface area contributed by atoms with Gasteiger partial charge in [0.05, 0.1) is 11.3 Å². The first-order valence-electron chi connectivity index (χ1n) is 10.2. The lowest BCUT2D eigenvalue weighted by Gasteiger charge is -2.37. The number of pyridine rings is 1. The fourth-order valence-corrected chi connectivity index (χ4v) is 4.85. The second kappa shape index (κ2) is 8.57. The van der Waals surface area contributed by atoms with Crippen LogP contribution in [0.25, 0.3) is 17.1 Å². The van der Waals surface area contributed by atoms with E-state index >= 15 is 0 Å². The summed E-state index contributed by atoms with van der Waals surface area (Å²) in [7, 11) is 0. The first-order valence-corrected chi connectivity index (χ1v) is 10.2. The van der Waals surface area contributed by atoms with Crippen molar-refractivity contribution in [2.24, 2.45) is 5.92 Å². The van der Waals surface area contributed by atoms with Crippen LogP contribution in [-0.2, 0) is 6.54 Å². The molecule has 9 heteroatoms. The molecule has 0 amide bonds. The first-order chi connectivity index (χ1) is 14.3. The fourth-order valence-electron chi connectivity index (χ4n) is 4.85. The minimum atomic E-state index is 0. The van der Waals surface area contributed by atoms with Gasteiger partial charge in [0.1, 0.15) is 19.0 Å². The summed E-state index contributed by atoms with van der Waals surface area (Å²) in [5.41, 5.74) is 2.70. The predicted octanol–water partition coefficient (Wildman–Crippen LogP) is 3.02. The van der Waals surface area contributed by atoms with E-state index in [-0.39, 0.29) is 30.4 Å². The van der Waals surface area contributed by atoms with E-state index in [1.54, 1.807) is 6.20 Å². The summed E-state index contributed by atoms with van der Waals surface area (Å²) < 4.78 is 15.2. The van der Waals surface area contributed by atoms with Crippen LogP contribution in [0, 0.1) is 5.92 Å². The Morgan fingerprint density at radius 3 is 2.74 bits per heavy atom. The van der Waals surface area contributed by atoms with Gasteiger partial charge in [-0.2, -0.15) is 0 Å². The number of piperidine rings is 1. The van der Waals surface area contributed by atoms with Gasteiger partial charge in [0, 0.05) is 43.2 Å². The molecule has 3 aliphatic heterocycles. The van der Waals surface area contributed by atoms with Crippen LogP contribution in [0.4, 0.5) is 0 Å². The van der Waals surface area contributed by atoms with Gasteiger partial charge in [-0.1, -0.05) is 0 Å². The van der Waals surface area contributed by atoms with Crippen LogP contribution in [0.1, 0.15) is 18.0 Å². The molecule has 0 spiro atoms. The number of nitrogens with one attached hydrogen (secondary N) is 1. The Kier molecular flexibility index (Phi) is 6.01. The van der Waals surface area contributed by atoms with Crippen LogP contribution < -0.4 is 20.3 Å². The number of halogens is 2. The van der Waals surface area contributed by atoms with E-state index < -0.39 is 0 Å². The van der Waals surface area contributed by atoms with Crippen LogP contribution >= 0.6 is 24.8 Å². The SMILES string of the molecule is Cl.Cl.O=c1c(-c2nccn2-c2ccc3c(c2)OCCO3)ccc2n1C[C@@H]1CNC[C@H]2C1. The molecule has 3 aliphatic rings. The van der Waals surface area contributed by atoms with Crippen molar-refractivity contribution in [1.29, 1.82) is 0 Å². The standard InChI is InChI=1S/C22H22N4O3.2ClH/c27-22-17(2-3-18-15-9-14(11-23-12-15)13-26(18)22)21-24-5-6-25(21)16-1-4-19-20(10-16)29-8-7-28-19;;/h1-6,10,14-15,23H,7-9,11-13H2;2*1H/t14-,15+;;/m0../s1. The van der Waals surface area contributed by atoms with Gasteiger partial charge in [0.25, 0.3) is 5.56 Å². The Bertz CT molecular complexity index is 1160. The molecule has 2 bridgehead atoms. The lowest BCUT2D eigenvalue weighted by molar-refractivity contribution is 0.171. The normalized spacial score (nSPS) is 20.8. The number of fused-ring (bicyclic) bond motifs is 5. The minimum Gasteiger partial charge on any atom is -0.486 e. The van der Waals surface area contributed by atoms with Gasteiger partial charge < -0.3 is 19.4 Å². The Hall–Kier alpha value is -2.48. The van der Waals surface area contributed by atoms with Crippen LogP contribution in [0.5, 0.6) is 11.5 Å². The zero-order chi connectivity index (χ0) is 19.4. The van der Waals surface area contributed by atoms with Gasteiger partial charge in [0.2, 0.25) is 0 Å². The van der Waals surface area contributed by atoms with Crippen LogP contribution in [0.15, 0.2) is 47.5 Å². The Morgan fingerprint density at radius 1 is 1.03 bits per heavy atom. The molecule has 0 saturated carbocycles. The van der Waals surface area contributed by atoms with Gasteiger partial charge in [-0.15, -0.1) is 24.8 Å². The van der Waals surface area contributed by atoms with Crippen LogP contribution in [-0.4, -0.2) is 40.4 Å². The highest BCUT2D eigenvalue weighted by Crippen LogP contribution is 2.34. The molecule has 2 aromatic heterocycles. The van der Waals surface area contributed by atoms with E-state index in [2.05, 4.69) is 16.4 Å². The summed E-state index contributed by atoms with van der Waals surface area (Å²) in [4.78, 5) is 17.9. The smallest absolute Gasteiger partial charge is 0.261 e. The number of rotatable bonds is 2. The molecule has 1 aromatic carbocycles. The zero-order valence-electron chi connectivity index (χ0n) is 16.8. The lowest BCUT2D eigenvalue weighted by Crippen LogP contribution is -2.45. The highest BCUT2D eigenvalue weighted by atomic mass is 35.5. The number of hydrogen-bond donors (Lipinski definition) is 1. The average Bonchev–Trinajstić information content (AvgIpc) is 3.24. The van der Waals surface area contributed by atoms with E-state index in [1.807, 2.05) is 39.6 Å². The molecule has 0 unspecified atom stereocenters. The third kappa shape index (κ3) is 3.60. The predicted molar refractivity (Wildman–Crippen MR) is 122 cm³/mol. The number of imidazole rings is 1. The highest BCUT2D eigenvalue weighted by molar-refractivity contribution is 5.85. The van der Waals surface area contributed by atoms with Gasteiger partial charge >= 0.3 is 0 Å². The van der Waals surface area contributed by atoms with Crippen LogP contribution in [0.3, 0.4) is 0 Å². The topological polar surface area (TPSA) is 70.3 Å². The summed E-state index contributed by atoms with van der Waals surface area (Å²) in [6.45, 7) is 3.80. The monoisotopic (exact) mass is 462 g/mol. The van der Waals surface area contributed by atoms with E-state index in [4.69, 9.17) is 9.47 Å². The molecule has 7 nitrogen and oxygen atoms in total. The van der Waals surface area contributed by atoms with Crippen LogP contribution in [0.2, 0.25) is 0 Å². The fraction of sp³-hybridized carbons (Fsp3) is 0.364. The van der Waals surface area contributed by atoms with Crippen molar-refractivity contribution in [3.8, 4) is 28.6 Å². The molecule has 5 heterocycles. The van der Waals surface area contributed by atoms with Gasteiger partial charge in [0.15, 0.2) is 11.5 Å². The summed E-state index contributed by atoms with van der Waals surface area (Å²) in [6, 6.07) is 9.84. The van der Waals surface area contributed by atoms with Crippen molar-refractivity contribution in [3.05, 3.63) is 58.8 Å². The van der Waals surface area contributed by atoms with Crippen molar-refractivity contribution in [2.45, 2.75) is 18.9 Å². The minimum absolute atomic E-state index is 0. The number of benzene rings is 1. The third-order valence-electron chi connectivity index (χ3n) is 6.19. The molecular weight excluding hydrogens is 439 g/mol. The average molecular weight is 463 g/mol. The Labute approximate surface area is 192 Å². The highest BCUT2D eigenvalue weighted by Gasteiger charge is 2.31. The maximum atomic E-state index is 13.4. The largest absolute Gasteiger partial charge is 0.486 e. The van der Waals surface area contributed by atoms with E-state index in [1.165, 1.54) is 0 Å². The molecule has 164 valence electrons. The second-order valence-corrected chi connectivity index (χ2v) is 7.99. The first kappa shape index (κ1) is 21.7. The lowest BCUT2D eigenvalue weighted by atomic mass is 9.84. The van der Waals surface area contributed by atoms with Gasteiger partial charge in [-0.05, 0) is 43.1 Å². The molecule has 3 aromatic rings. The molecular formula is C22H24Cl2N4O3. The van der Waals surface area contributed by atoms with Crippen molar-refractivity contribution >= 4 is 24.8 Å². The second-order valence-electron chi connectivity index (χ2n) is 7.99. The number of hydrogen-bond acceptors (Lipinski definition) is 5. The molecule has 2 atom stereocenters. The number of ether oxygens (including phenoxy) is 2. The molecule has 0 aliphatic carbocycles. The molecule has 1 fully saturated rings. The Balaban J connectivity index is 0.00000116. The molecule has 1 N–H and O–H groups in total. The van der Waals surface area contributed by atoms with Crippen molar-refractivity contribution < 1.29 is 9.47 Å². The Morgan fingerprint density at radius 2 is 1.87 bits per heavy atom. The summed E-state index contributed by atoms with van der Waals surface area (Å²) >= 11 is 0. The van der Waals surface area contributed by atoms with E-state index in [9.17, 15) is 4.79 Å². The molecule has 31 heavy (non-hydrogen) atoms. The van der Waals surface area contributed by atoms with Crippen molar-refractivity contribution in [2.75, 3.05) is 26.3 Å². The number of nitrogens with zero attached hydrogens (tertiary/aromatic N) is 3. The molecule has 1 saturated heterocycles. The maximum absolute atomic E-state index is 13.4. The van der Waals surface area contributed by atoms with Crippen molar-refractivity contribution in [1.82, 2.24) is 19.4 Å². The van der Waals surface area contributed by atoms with Crippen molar-refractivity contribution in [3.63, 3.8) is 0 Å². The quantitative estimate of drug-likeness (QED) is 0.633. The summed E-state index contributed by atoms with van der Waals surface area (Å²) in [6.07, 6.45) is 4.77. The van der Waals surface area contributed by atoms with E-state index in [0.717, 1.165) is 48.9 Å². The molecule has 0 radical (unpaired) electrons.